The second-order valence-corrected chi connectivity index (χ2v) is 10.8. The third-order valence-electron chi connectivity index (χ3n) is 5.92. The zero-order valence-electron chi connectivity index (χ0n) is 21.5. The number of nitrogens with zero attached hydrogens (tertiary/aromatic N) is 2. The van der Waals surface area contributed by atoms with Gasteiger partial charge >= 0.3 is 12.4 Å². The number of hydrogen-bond donors (Lipinski definition) is 0. The normalized spacial score (nSPS) is 12.0. The quantitative estimate of drug-likeness (QED) is 0.129. The molecule has 0 aliphatic rings. The van der Waals surface area contributed by atoms with Gasteiger partial charge in [0, 0.05) is 0 Å². The van der Waals surface area contributed by atoms with E-state index in [1.54, 1.807) is 0 Å². The zero-order chi connectivity index (χ0) is 31.4. The summed E-state index contributed by atoms with van der Waals surface area (Å²) in [6.07, 6.45) is -9.54. The molecule has 0 aromatic heterocycles. The standard InChI is InChI=1S/C28H18F6N2O6S/c29-27(30,31)23-11-1-17(15-35-37)13-25(23)41-19-3-7-21(8-4-19)43(39,40)22-9-5-20(6-10-22)42-26-14-18(16-36-38)2-12-24(26)28(32,33)34/h1-14H,15-16H2. The van der Waals surface area contributed by atoms with Crippen LogP contribution >= 0.6 is 0 Å². The van der Waals surface area contributed by atoms with Crippen molar-refractivity contribution in [2.45, 2.75) is 35.2 Å². The van der Waals surface area contributed by atoms with Crippen LogP contribution in [-0.4, -0.2) is 8.42 Å². The van der Waals surface area contributed by atoms with Gasteiger partial charge in [-0.1, -0.05) is 22.5 Å². The Morgan fingerprint density at radius 1 is 0.558 bits per heavy atom. The predicted octanol–water partition coefficient (Wildman–Crippen LogP) is 8.67. The fraction of sp³-hybridized carbons (Fsp3) is 0.143. The summed E-state index contributed by atoms with van der Waals surface area (Å²) in [5.74, 6) is -1.48. The number of hydrogen-bond acceptors (Lipinski definition) is 8. The van der Waals surface area contributed by atoms with Gasteiger partial charge in [0.25, 0.3) is 0 Å². The van der Waals surface area contributed by atoms with Crippen LogP contribution in [0.25, 0.3) is 0 Å². The second-order valence-electron chi connectivity index (χ2n) is 8.88. The third-order valence-corrected chi connectivity index (χ3v) is 7.71. The summed E-state index contributed by atoms with van der Waals surface area (Å²) >= 11 is 0. The Hall–Kier alpha value is -4.79. The smallest absolute Gasteiger partial charge is 0.419 e. The van der Waals surface area contributed by atoms with E-state index < -0.39 is 44.8 Å². The van der Waals surface area contributed by atoms with Gasteiger partial charge in [0.2, 0.25) is 9.84 Å². The van der Waals surface area contributed by atoms with Gasteiger partial charge in [-0.05, 0) is 83.9 Å². The molecular formula is C28H18F6N2O6S. The number of ether oxygens (including phenoxy) is 2. The van der Waals surface area contributed by atoms with Crippen molar-refractivity contribution in [2.24, 2.45) is 10.4 Å². The van der Waals surface area contributed by atoms with Crippen molar-refractivity contribution in [1.29, 1.82) is 0 Å². The molecule has 4 rings (SSSR count). The summed E-state index contributed by atoms with van der Waals surface area (Å²) in [5.41, 5.74) is -1.89. The Kier molecular flexibility index (Phi) is 8.85. The first kappa shape index (κ1) is 31.2. The largest absolute Gasteiger partial charge is 0.457 e. The molecule has 15 heteroatoms. The van der Waals surface area contributed by atoms with Gasteiger partial charge in [0.1, 0.15) is 36.1 Å². The van der Waals surface area contributed by atoms with Crippen LogP contribution in [0.2, 0.25) is 0 Å². The molecule has 0 radical (unpaired) electrons. The van der Waals surface area contributed by atoms with E-state index >= 15 is 0 Å². The van der Waals surface area contributed by atoms with Gasteiger partial charge in [-0.15, -0.1) is 0 Å². The number of nitroso groups, excluding NO2 is 2. The highest BCUT2D eigenvalue weighted by Crippen LogP contribution is 2.40. The van der Waals surface area contributed by atoms with Gasteiger partial charge < -0.3 is 9.47 Å². The lowest BCUT2D eigenvalue weighted by molar-refractivity contribution is -0.139. The molecule has 43 heavy (non-hydrogen) atoms. The van der Waals surface area contributed by atoms with Crippen LogP contribution in [0.15, 0.2) is 105 Å². The number of benzene rings is 4. The van der Waals surface area contributed by atoms with Gasteiger partial charge in [0.15, 0.2) is 0 Å². The Morgan fingerprint density at radius 3 is 1.21 bits per heavy atom. The van der Waals surface area contributed by atoms with E-state index in [0.29, 0.717) is 0 Å². The molecule has 0 heterocycles. The van der Waals surface area contributed by atoms with Crippen molar-refractivity contribution in [3.63, 3.8) is 0 Å². The highest BCUT2D eigenvalue weighted by Gasteiger charge is 2.35. The van der Waals surface area contributed by atoms with Crippen molar-refractivity contribution in [3.05, 3.63) is 117 Å². The number of halogens is 6. The molecule has 0 spiro atoms. The molecule has 0 bridgehead atoms. The zero-order valence-corrected chi connectivity index (χ0v) is 22.3. The van der Waals surface area contributed by atoms with E-state index in [4.69, 9.17) is 9.47 Å². The fourth-order valence-corrected chi connectivity index (χ4v) is 5.14. The lowest BCUT2D eigenvalue weighted by atomic mass is 10.1. The summed E-state index contributed by atoms with van der Waals surface area (Å²) < 4.78 is 118. The molecule has 0 aliphatic carbocycles. The van der Waals surface area contributed by atoms with Crippen LogP contribution in [0.5, 0.6) is 23.0 Å². The van der Waals surface area contributed by atoms with Crippen LogP contribution in [0.4, 0.5) is 26.3 Å². The van der Waals surface area contributed by atoms with Crippen LogP contribution in [-0.2, 0) is 35.3 Å². The third kappa shape index (κ3) is 7.35. The molecule has 0 saturated carbocycles. The summed E-state index contributed by atoms with van der Waals surface area (Å²) in [4.78, 5) is 20.6. The monoisotopic (exact) mass is 624 g/mol. The number of sulfone groups is 1. The van der Waals surface area contributed by atoms with Gasteiger partial charge in [-0.25, -0.2) is 8.42 Å². The van der Waals surface area contributed by atoms with Crippen molar-refractivity contribution in [1.82, 2.24) is 0 Å². The van der Waals surface area contributed by atoms with E-state index in [9.17, 15) is 44.6 Å². The minimum atomic E-state index is -4.77. The summed E-state index contributed by atoms with van der Waals surface area (Å²) in [6, 6.07) is 14.6. The first-order valence-corrected chi connectivity index (χ1v) is 13.5. The van der Waals surface area contributed by atoms with Crippen molar-refractivity contribution in [2.75, 3.05) is 0 Å². The fourth-order valence-electron chi connectivity index (χ4n) is 3.88. The molecule has 0 atom stereocenters. The number of rotatable bonds is 10. The maximum atomic E-state index is 13.4. The molecule has 224 valence electrons. The van der Waals surface area contributed by atoms with Crippen LogP contribution in [0.3, 0.4) is 0 Å². The molecule has 0 unspecified atom stereocenters. The topological polar surface area (TPSA) is 111 Å². The summed E-state index contributed by atoms with van der Waals surface area (Å²) in [5, 5.41) is 5.29. The minimum Gasteiger partial charge on any atom is -0.457 e. The van der Waals surface area contributed by atoms with Crippen LogP contribution < -0.4 is 9.47 Å². The van der Waals surface area contributed by atoms with E-state index in [1.165, 1.54) is 0 Å². The van der Waals surface area contributed by atoms with E-state index in [-0.39, 0.29) is 45.5 Å². The molecule has 0 saturated heterocycles. The molecule has 4 aromatic rings. The molecule has 0 N–H and O–H groups in total. The Balaban J connectivity index is 1.56. The lowest BCUT2D eigenvalue weighted by Crippen LogP contribution is -2.08. The molecular weight excluding hydrogens is 606 g/mol. The first-order valence-electron chi connectivity index (χ1n) is 12.0. The van der Waals surface area contributed by atoms with Gasteiger partial charge in [-0.2, -0.15) is 36.2 Å². The molecule has 0 amide bonds. The highest BCUT2D eigenvalue weighted by atomic mass is 32.2. The maximum absolute atomic E-state index is 13.4. The average molecular weight is 625 g/mol. The van der Waals surface area contributed by atoms with Crippen LogP contribution in [0.1, 0.15) is 22.3 Å². The van der Waals surface area contributed by atoms with E-state index in [2.05, 4.69) is 10.4 Å². The van der Waals surface area contributed by atoms with Crippen molar-refractivity contribution in [3.8, 4) is 23.0 Å². The Labute approximate surface area is 239 Å². The van der Waals surface area contributed by atoms with Crippen molar-refractivity contribution >= 4 is 9.84 Å². The van der Waals surface area contributed by atoms with Crippen LogP contribution in [0, 0.1) is 9.81 Å². The second kappa shape index (κ2) is 12.2. The maximum Gasteiger partial charge on any atom is 0.419 e. The van der Waals surface area contributed by atoms with E-state index in [0.717, 1.165) is 84.9 Å². The number of alkyl halides is 6. The predicted molar refractivity (Wildman–Crippen MR) is 140 cm³/mol. The van der Waals surface area contributed by atoms with Gasteiger partial charge in [0.05, 0.1) is 20.9 Å². The van der Waals surface area contributed by atoms with Gasteiger partial charge in [-0.3, -0.25) is 0 Å². The summed E-state index contributed by atoms with van der Waals surface area (Å²) in [6.45, 7) is -0.772. The molecule has 8 nitrogen and oxygen atoms in total. The van der Waals surface area contributed by atoms with E-state index in [1.807, 2.05) is 0 Å². The molecule has 0 fully saturated rings. The van der Waals surface area contributed by atoms with Crippen molar-refractivity contribution < 1.29 is 44.2 Å². The highest BCUT2D eigenvalue weighted by molar-refractivity contribution is 7.91. The molecule has 4 aromatic carbocycles. The Bertz CT molecular complexity index is 1620. The minimum absolute atomic E-state index is 0.128. The first-order chi connectivity index (χ1) is 20.2. The SMILES string of the molecule is O=NCc1ccc(C(F)(F)F)c(Oc2ccc(S(=O)(=O)c3ccc(Oc4cc(CN=O)ccc4C(F)(F)F)cc3)cc2)c1. The Morgan fingerprint density at radius 2 is 0.907 bits per heavy atom. The lowest BCUT2D eigenvalue weighted by Gasteiger charge is -2.15. The summed E-state index contributed by atoms with van der Waals surface area (Å²) in [7, 11) is -4.17. The average Bonchev–Trinajstić information content (AvgIpc) is 2.93. The molecule has 0 aliphatic heterocycles.